The molecule has 0 saturated carbocycles. The maximum atomic E-state index is 4.73. The van der Waals surface area contributed by atoms with Gasteiger partial charge in [0.25, 0.3) is 0 Å². The van der Waals surface area contributed by atoms with Gasteiger partial charge in [0.15, 0.2) is 5.82 Å². The highest BCUT2D eigenvalue weighted by Gasteiger charge is 2.16. The first-order valence-electron chi connectivity index (χ1n) is 11.6. The SMILES string of the molecule is c1cc2cc3cnc(-c4ncc5ncc(-c6cc7cc8[nH]ccc8cc7cn6)c-5cn4)cc3cc2[nH]1. The molecule has 2 aliphatic heterocycles. The molecule has 7 heteroatoms. The van der Waals surface area contributed by atoms with Gasteiger partial charge in [0.05, 0.1) is 17.6 Å². The summed E-state index contributed by atoms with van der Waals surface area (Å²) in [5, 5.41) is 6.71. The number of hydrogen-bond acceptors (Lipinski definition) is 5. The number of H-pyrrole nitrogens is 2. The molecule has 2 aromatic carbocycles. The third-order valence-corrected chi connectivity index (χ3v) is 6.81. The Morgan fingerprint density at radius 3 is 1.69 bits per heavy atom. The van der Waals surface area contributed by atoms with E-state index in [1.807, 2.05) is 43.2 Å². The molecule has 0 radical (unpaired) electrons. The molecule has 168 valence electrons. The van der Waals surface area contributed by atoms with Crippen molar-refractivity contribution in [1.29, 1.82) is 0 Å². The number of pyridine rings is 2. The van der Waals surface area contributed by atoms with Crippen molar-refractivity contribution in [1.82, 2.24) is 34.9 Å². The fraction of sp³-hybridized carbons (Fsp3) is 0. The fourth-order valence-electron chi connectivity index (χ4n) is 4.93. The minimum Gasteiger partial charge on any atom is -0.361 e. The maximum absolute atomic E-state index is 4.73. The van der Waals surface area contributed by atoms with Gasteiger partial charge in [0.2, 0.25) is 0 Å². The van der Waals surface area contributed by atoms with Gasteiger partial charge in [-0.3, -0.25) is 15.0 Å². The molecule has 0 bridgehead atoms. The normalized spacial score (nSPS) is 11.9. The number of fused-ring (bicyclic) bond motifs is 5. The maximum Gasteiger partial charge on any atom is 0.178 e. The zero-order valence-corrected chi connectivity index (χ0v) is 18.9. The predicted molar refractivity (Wildman–Crippen MR) is 142 cm³/mol. The second-order valence-electron chi connectivity index (χ2n) is 8.98. The Bertz CT molecular complexity index is 2070. The molecule has 2 N–H and O–H groups in total. The summed E-state index contributed by atoms with van der Waals surface area (Å²) in [5.74, 6) is 0.549. The Kier molecular flexibility index (Phi) is 3.81. The summed E-state index contributed by atoms with van der Waals surface area (Å²) in [6, 6.07) is 16.8. The Morgan fingerprint density at radius 1 is 0.417 bits per heavy atom. The highest BCUT2D eigenvalue weighted by atomic mass is 14.9. The summed E-state index contributed by atoms with van der Waals surface area (Å²) in [4.78, 5) is 29.8. The second kappa shape index (κ2) is 7.16. The van der Waals surface area contributed by atoms with Crippen LogP contribution in [-0.2, 0) is 0 Å². The van der Waals surface area contributed by atoms with Crippen LogP contribution in [0.5, 0.6) is 0 Å². The van der Waals surface area contributed by atoms with Crippen molar-refractivity contribution in [3.05, 3.63) is 91.9 Å². The molecule has 0 atom stereocenters. The van der Waals surface area contributed by atoms with E-state index >= 15 is 0 Å². The van der Waals surface area contributed by atoms with Crippen LogP contribution in [0.3, 0.4) is 0 Å². The number of aromatic amines is 2. The van der Waals surface area contributed by atoms with Gasteiger partial charge in [-0.25, -0.2) is 9.97 Å². The summed E-state index contributed by atoms with van der Waals surface area (Å²) in [6.45, 7) is 0. The van der Waals surface area contributed by atoms with Crippen molar-refractivity contribution in [2.45, 2.75) is 0 Å². The standard InChI is InChI=1S/C29H17N7/c1-3-30-24-7-18-9-26(32-11-20(18)5-16(1)24)22-13-34-28-15-36-29(35-14-23(22)28)27-10-19-8-25-17(2-4-31-25)6-21(19)12-33-27/h1-15,30-31H. The van der Waals surface area contributed by atoms with Crippen molar-refractivity contribution in [2.75, 3.05) is 0 Å². The smallest absolute Gasteiger partial charge is 0.178 e. The van der Waals surface area contributed by atoms with Gasteiger partial charge in [-0.1, -0.05) is 0 Å². The van der Waals surface area contributed by atoms with Crippen LogP contribution in [0, 0.1) is 0 Å². The topological polar surface area (TPSA) is 96.0 Å². The number of hydrogen-bond donors (Lipinski definition) is 2. The number of rotatable bonds is 2. The Morgan fingerprint density at radius 2 is 0.972 bits per heavy atom. The molecule has 2 aliphatic rings. The lowest BCUT2D eigenvalue weighted by molar-refractivity contribution is 1.18. The lowest BCUT2D eigenvalue weighted by atomic mass is 10.0. The number of nitrogens with one attached hydrogen (secondary N) is 2. The largest absolute Gasteiger partial charge is 0.361 e. The van der Waals surface area contributed by atoms with Crippen molar-refractivity contribution < 1.29 is 0 Å². The second-order valence-corrected chi connectivity index (χ2v) is 8.98. The molecule has 0 aliphatic carbocycles. The minimum atomic E-state index is 0.549. The van der Waals surface area contributed by atoms with Gasteiger partial charge >= 0.3 is 0 Å². The highest BCUT2D eigenvalue weighted by Crippen LogP contribution is 2.34. The minimum absolute atomic E-state index is 0.549. The van der Waals surface area contributed by atoms with Crippen molar-refractivity contribution in [3.63, 3.8) is 0 Å². The third-order valence-electron chi connectivity index (χ3n) is 6.81. The average Bonchev–Trinajstić information content (AvgIpc) is 3.62. The van der Waals surface area contributed by atoms with E-state index in [0.29, 0.717) is 11.5 Å². The van der Waals surface area contributed by atoms with Crippen LogP contribution in [0.15, 0.2) is 91.9 Å². The summed E-state index contributed by atoms with van der Waals surface area (Å²) in [7, 11) is 0. The van der Waals surface area contributed by atoms with Crippen LogP contribution in [0.25, 0.3) is 77.4 Å². The molecule has 0 saturated heterocycles. The van der Waals surface area contributed by atoms with Gasteiger partial charge < -0.3 is 9.97 Å². The Hall–Kier alpha value is -5.17. The van der Waals surface area contributed by atoms with E-state index in [0.717, 1.165) is 60.5 Å². The van der Waals surface area contributed by atoms with Crippen LogP contribution in [0.4, 0.5) is 0 Å². The van der Waals surface area contributed by atoms with Gasteiger partial charge in [-0.2, -0.15) is 0 Å². The van der Waals surface area contributed by atoms with Gasteiger partial charge in [0.1, 0.15) is 5.69 Å². The van der Waals surface area contributed by atoms with Gasteiger partial charge in [-0.05, 0) is 59.3 Å². The first kappa shape index (κ1) is 19.2. The predicted octanol–water partition coefficient (Wildman–Crippen LogP) is 6.37. The fourth-order valence-corrected chi connectivity index (χ4v) is 4.93. The zero-order chi connectivity index (χ0) is 23.6. The molecular formula is C29H17N7. The third kappa shape index (κ3) is 2.89. The molecule has 7 nitrogen and oxygen atoms in total. The van der Waals surface area contributed by atoms with E-state index in [2.05, 4.69) is 67.4 Å². The van der Waals surface area contributed by atoms with Crippen LogP contribution in [0.1, 0.15) is 0 Å². The zero-order valence-electron chi connectivity index (χ0n) is 18.9. The molecule has 6 heterocycles. The molecule has 0 fully saturated rings. The molecule has 0 spiro atoms. The number of benzene rings is 2. The molecule has 6 aromatic rings. The van der Waals surface area contributed by atoms with E-state index in [1.165, 1.54) is 5.39 Å². The quantitative estimate of drug-likeness (QED) is 0.311. The monoisotopic (exact) mass is 463 g/mol. The van der Waals surface area contributed by atoms with Crippen molar-refractivity contribution in [3.8, 4) is 34.0 Å². The lowest BCUT2D eigenvalue weighted by Crippen LogP contribution is -1.88. The van der Waals surface area contributed by atoms with E-state index in [4.69, 9.17) is 9.97 Å². The Labute approximate surface area is 204 Å². The first-order chi connectivity index (χ1) is 17.8. The average molecular weight is 464 g/mol. The summed E-state index contributed by atoms with van der Waals surface area (Å²) in [6.07, 6.45) is 13.1. The molecule has 0 unspecified atom stereocenters. The van der Waals surface area contributed by atoms with Crippen LogP contribution < -0.4 is 0 Å². The molecule has 36 heavy (non-hydrogen) atoms. The lowest BCUT2D eigenvalue weighted by Gasteiger charge is -2.03. The molecule has 8 rings (SSSR count). The van der Waals surface area contributed by atoms with E-state index in [-0.39, 0.29) is 0 Å². The summed E-state index contributed by atoms with van der Waals surface area (Å²) in [5.41, 5.74) is 6.35. The summed E-state index contributed by atoms with van der Waals surface area (Å²) >= 11 is 0. The number of aromatic nitrogens is 7. The number of nitrogens with zero attached hydrogens (tertiary/aromatic N) is 5. The van der Waals surface area contributed by atoms with Crippen molar-refractivity contribution in [2.24, 2.45) is 0 Å². The summed E-state index contributed by atoms with van der Waals surface area (Å²) < 4.78 is 0. The van der Waals surface area contributed by atoms with Crippen LogP contribution in [-0.4, -0.2) is 34.9 Å². The molecule has 0 amide bonds. The van der Waals surface area contributed by atoms with Crippen LogP contribution >= 0.6 is 0 Å². The van der Waals surface area contributed by atoms with Gasteiger partial charge in [0, 0.05) is 80.9 Å². The van der Waals surface area contributed by atoms with Crippen molar-refractivity contribution >= 4 is 43.4 Å². The highest BCUT2D eigenvalue weighted by molar-refractivity contribution is 5.99. The first-order valence-corrected chi connectivity index (χ1v) is 11.6. The molecular weight excluding hydrogens is 446 g/mol. The van der Waals surface area contributed by atoms with E-state index in [9.17, 15) is 0 Å². The van der Waals surface area contributed by atoms with E-state index in [1.54, 1.807) is 6.20 Å². The van der Waals surface area contributed by atoms with E-state index < -0.39 is 0 Å². The van der Waals surface area contributed by atoms with Gasteiger partial charge in [-0.15, -0.1) is 0 Å². The Balaban J connectivity index is 1.23. The van der Waals surface area contributed by atoms with Crippen LogP contribution in [0.2, 0.25) is 0 Å². The molecule has 4 aromatic heterocycles.